The molecule has 0 aliphatic heterocycles. The first-order valence-corrected chi connectivity index (χ1v) is 11.6. The summed E-state index contributed by atoms with van der Waals surface area (Å²) in [5, 5.41) is 5.59. The second kappa shape index (κ2) is 12.5. The number of unbranched alkanes of at least 4 members (excludes halogenated alkanes) is 2. The van der Waals surface area contributed by atoms with E-state index in [-0.39, 0.29) is 11.8 Å². The van der Waals surface area contributed by atoms with Crippen LogP contribution in [0.4, 0.5) is 4.79 Å². The van der Waals surface area contributed by atoms with Gasteiger partial charge in [0.25, 0.3) is 0 Å². The van der Waals surface area contributed by atoms with E-state index in [1.165, 1.54) is 4.90 Å². The molecule has 0 bridgehead atoms. The van der Waals surface area contributed by atoms with Gasteiger partial charge in [-0.25, -0.2) is 4.79 Å². The Kier molecular flexibility index (Phi) is 10.7. The molecule has 0 radical (unpaired) electrons. The highest BCUT2D eigenvalue weighted by molar-refractivity contribution is 5.92. The van der Waals surface area contributed by atoms with E-state index in [0.717, 1.165) is 36.0 Å². The van der Waals surface area contributed by atoms with Crippen molar-refractivity contribution < 1.29 is 19.1 Å². The van der Waals surface area contributed by atoms with E-state index < -0.39 is 23.8 Å². The first-order chi connectivity index (χ1) is 14.9. The maximum Gasteiger partial charge on any atom is 0.408 e. The highest BCUT2D eigenvalue weighted by atomic mass is 16.6. The summed E-state index contributed by atoms with van der Waals surface area (Å²) in [5.41, 5.74) is 2.14. The van der Waals surface area contributed by atoms with Crippen molar-refractivity contribution in [2.75, 3.05) is 13.1 Å². The molecule has 0 saturated heterocycles. The van der Waals surface area contributed by atoms with Crippen LogP contribution in [0.5, 0.6) is 0 Å². The Morgan fingerprint density at radius 2 is 1.75 bits per heavy atom. The Labute approximate surface area is 193 Å². The molecule has 180 valence electrons. The molecule has 2 atom stereocenters. The number of aryl methyl sites for hydroxylation is 2. The number of nitrogens with zero attached hydrogens (tertiary/aromatic N) is 1. The zero-order valence-electron chi connectivity index (χ0n) is 21.0. The first-order valence-electron chi connectivity index (χ1n) is 11.6. The lowest BCUT2D eigenvalue weighted by Crippen LogP contribution is -2.52. The Hall–Kier alpha value is -2.57. The molecular weight excluding hydrogens is 406 g/mol. The Bertz CT molecular complexity index is 786. The number of hydrogen-bond donors (Lipinski definition) is 2. The van der Waals surface area contributed by atoms with Gasteiger partial charge in [-0.15, -0.1) is 0 Å². The molecule has 1 aromatic carbocycles. The normalized spacial score (nSPS) is 13.1. The van der Waals surface area contributed by atoms with Gasteiger partial charge in [-0.05, 0) is 66.0 Å². The molecule has 7 nitrogen and oxygen atoms in total. The van der Waals surface area contributed by atoms with Crippen LogP contribution in [-0.2, 0) is 14.3 Å². The average Bonchev–Trinajstić information content (AvgIpc) is 2.68. The SMILES string of the molecule is CCCCCNC(=O)C(c1ccc(C)cc1C)N(CC)C(=O)C(C)NC(=O)OC(C)(C)C. The van der Waals surface area contributed by atoms with Crippen molar-refractivity contribution >= 4 is 17.9 Å². The summed E-state index contributed by atoms with van der Waals surface area (Å²) in [6.07, 6.45) is 2.31. The predicted octanol–water partition coefficient (Wildman–Crippen LogP) is 4.41. The minimum Gasteiger partial charge on any atom is -0.444 e. The van der Waals surface area contributed by atoms with Gasteiger partial charge in [-0.1, -0.05) is 43.5 Å². The summed E-state index contributed by atoms with van der Waals surface area (Å²) in [5.74, 6) is -0.556. The van der Waals surface area contributed by atoms with Gasteiger partial charge in [0.1, 0.15) is 17.7 Å². The number of alkyl carbamates (subject to hydrolysis) is 1. The third-order valence-electron chi connectivity index (χ3n) is 5.09. The molecule has 32 heavy (non-hydrogen) atoms. The fraction of sp³-hybridized carbons (Fsp3) is 0.640. The van der Waals surface area contributed by atoms with Gasteiger partial charge in [-0.3, -0.25) is 9.59 Å². The Balaban J connectivity index is 3.16. The van der Waals surface area contributed by atoms with E-state index in [2.05, 4.69) is 17.6 Å². The van der Waals surface area contributed by atoms with E-state index in [4.69, 9.17) is 4.74 Å². The fourth-order valence-corrected chi connectivity index (χ4v) is 3.53. The summed E-state index contributed by atoms with van der Waals surface area (Å²) < 4.78 is 5.27. The molecular formula is C25H41N3O4. The van der Waals surface area contributed by atoms with Gasteiger partial charge >= 0.3 is 6.09 Å². The zero-order chi connectivity index (χ0) is 24.5. The largest absolute Gasteiger partial charge is 0.444 e. The number of rotatable bonds is 10. The monoisotopic (exact) mass is 447 g/mol. The van der Waals surface area contributed by atoms with Crippen LogP contribution in [-0.4, -0.2) is 47.5 Å². The summed E-state index contributed by atoms with van der Waals surface area (Å²) in [7, 11) is 0. The molecule has 0 aliphatic rings. The van der Waals surface area contributed by atoms with Crippen LogP contribution < -0.4 is 10.6 Å². The van der Waals surface area contributed by atoms with Gasteiger partial charge in [0, 0.05) is 13.1 Å². The molecule has 3 amide bonds. The number of carbonyl (C=O) groups excluding carboxylic acids is 3. The summed E-state index contributed by atoms with van der Waals surface area (Å²) in [6.45, 7) is 15.6. The standard InChI is InChI=1S/C25H41N3O4/c1-9-11-12-15-26-22(29)21(20-14-13-17(3)16-18(20)4)28(10-2)23(30)19(5)27-24(31)32-25(6,7)8/h13-14,16,19,21H,9-12,15H2,1-8H3,(H,26,29)(H,27,31). The van der Waals surface area contributed by atoms with Gasteiger partial charge in [0.05, 0.1) is 0 Å². The minimum absolute atomic E-state index is 0.215. The van der Waals surface area contributed by atoms with Crippen LogP contribution in [0.3, 0.4) is 0 Å². The molecule has 0 spiro atoms. The lowest BCUT2D eigenvalue weighted by Gasteiger charge is -2.33. The first kappa shape index (κ1) is 27.5. The minimum atomic E-state index is -0.842. The molecule has 1 aromatic rings. The van der Waals surface area contributed by atoms with Gasteiger partial charge < -0.3 is 20.3 Å². The lowest BCUT2D eigenvalue weighted by atomic mass is 9.96. The molecule has 0 fully saturated rings. The summed E-state index contributed by atoms with van der Waals surface area (Å²) in [6, 6.07) is 4.24. The molecule has 0 saturated carbocycles. The molecule has 2 unspecified atom stereocenters. The van der Waals surface area contributed by atoms with Gasteiger partial charge in [0.2, 0.25) is 11.8 Å². The second-order valence-electron chi connectivity index (χ2n) is 9.25. The van der Waals surface area contributed by atoms with Crippen molar-refractivity contribution in [3.05, 3.63) is 34.9 Å². The second-order valence-corrected chi connectivity index (χ2v) is 9.25. The zero-order valence-corrected chi connectivity index (χ0v) is 21.0. The Morgan fingerprint density at radius 3 is 2.28 bits per heavy atom. The topological polar surface area (TPSA) is 87.7 Å². The van der Waals surface area contributed by atoms with Crippen molar-refractivity contribution in [3.63, 3.8) is 0 Å². The Morgan fingerprint density at radius 1 is 1.09 bits per heavy atom. The maximum absolute atomic E-state index is 13.3. The van der Waals surface area contributed by atoms with Gasteiger partial charge in [0.15, 0.2) is 0 Å². The number of hydrogen-bond acceptors (Lipinski definition) is 4. The number of benzene rings is 1. The van der Waals surface area contributed by atoms with Crippen molar-refractivity contribution in [2.45, 2.75) is 92.3 Å². The fourth-order valence-electron chi connectivity index (χ4n) is 3.53. The van der Waals surface area contributed by atoms with E-state index in [0.29, 0.717) is 13.1 Å². The van der Waals surface area contributed by atoms with Crippen molar-refractivity contribution in [1.29, 1.82) is 0 Å². The molecule has 0 heterocycles. The van der Waals surface area contributed by atoms with E-state index >= 15 is 0 Å². The van der Waals surface area contributed by atoms with Crippen molar-refractivity contribution in [1.82, 2.24) is 15.5 Å². The number of carbonyl (C=O) groups is 3. The van der Waals surface area contributed by atoms with Crippen LogP contribution >= 0.6 is 0 Å². The van der Waals surface area contributed by atoms with Crippen LogP contribution in [0.2, 0.25) is 0 Å². The van der Waals surface area contributed by atoms with Crippen LogP contribution in [0.15, 0.2) is 18.2 Å². The molecule has 2 N–H and O–H groups in total. The predicted molar refractivity (Wildman–Crippen MR) is 127 cm³/mol. The number of amides is 3. The highest BCUT2D eigenvalue weighted by Gasteiger charge is 2.34. The molecule has 0 aromatic heterocycles. The van der Waals surface area contributed by atoms with E-state index in [9.17, 15) is 14.4 Å². The van der Waals surface area contributed by atoms with E-state index in [1.54, 1.807) is 27.7 Å². The van der Waals surface area contributed by atoms with Crippen LogP contribution in [0, 0.1) is 13.8 Å². The van der Waals surface area contributed by atoms with Gasteiger partial charge in [-0.2, -0.15) is 0 Å². The van der Waals surface area contributed by atoms with E-state index in [1.807, 2.05) is 39.0 Å². The number of nitrogens with one attached hydrogen (secondary N) is 2. The van der Waals surface area contributed by atoms with Crippen LogP contribution in [0.1, 0.15) is 83.5 Å². The molecule has 7 heteroatoms. The highest BCUT2D eigenvalue weighted by Crippen LogP contribution is 2.26. The summed E-state index contributed by atoms with van der Waals surface area (Å²) >= 11 is 0. The van der Waals surface area contributed by atoms with Crippen molar-refractivity contribution in [2.24, 2.45) is 0 Å². The third kappa shape index (κ3) is 8.52. The molecule has 0 aliphatic carbocycles. The third-order valence-corrected chi connectivity index (χ3v) is 5.09. The summed E-state index contributed by atoms with van der Waals surface area (Å²) in [4.78, 5) is 40.3. The lowest BCUT2D eigenvalue weighted by molar-refractivity contribution is -0.142. The quantitative estimate of drug-likeness (QED) is 0.520. The molecule has 1 rings (SSSR count). The average molecular weight is 448 g/mol. The number of ether oxygens (including phenoxy) is 1. The van der Waals surface area contributed by atoms with Crippen molar-refractivity contribution in [3.8, 4) is 0 Å². The maximum atomic E-state index is 13.3. The number of likely N-dealkylation sites (N-methyl/N-ethyl adjacent to an activating group) is 1. The smallest absolute Gasteiger partial charge is 0.408 e. The van der Waals surface area contributed by atoms with Crippen LogP contribution in [0.25, 0.3) is 0 Å².